The highest BCUT2D eigenvalue weighted by atomic mass is 16.5. The van der Waals surface area contributed by atoms with E-state index in [9.17, 15) is 0 Å². The molecule has 2 aromatic heterocycles. The van der Waals surface area contributed by atoms with Gasteiger partial charge in [0, 0.05) is 6.07 Å². The molecule has 5 nitrogen and oxygen atoms in total. The molecule has 0 aliphatic heterocycles. The van der Waals surface area contributed by atoms with Gasteiger partial charge < -0.3 is 9.22 Å². The molecule has 0 unspecified atom stereocenters. The predicted octanol–water partition coefficient (Wildman–Crippen LogP) is 1.25. The van der Waals surface area contributed by atoms with Crippen LogP contribution in [0.25, 0.3) is 5.65 Å². The van der Waals surface area contributed by atoms with Gasteiger partial charge in [0.25, 0.3) is 0 Å². The van der Waals surface area contributed by atoms with Crippen LogP contribution in [0.2, 0.25) is 0 Å². The number of aromatic nitrogens is 3. The predicted molar refractivity (Wildman–Crippen MR) is 66.0 cm³/mol. The van der Waals surface area contributed by atoms with Gasteiger partial charge in [-0.25, -0.2) is 9.50 Å². The molecule has 2 aromatic rings. The quantitative estimate of drug-likeness (QED) is 0.752. The van der Waals surface area contributed by atoms with Gasteiger partial charge in [-0.1, -0.05) is 0 Å². The third-order valence-electron chi connectivity index (χ3n) is 2.58. The van der Waals surface area contributed by atoms with Crippen molar-refractivity contribution in [3.63, 3.8) is 0 Å². The fourth-order valence-electron chi connectivity index (χ4n) is 1.81. The lowest BCUT2D eigenvalue weighted by Crippen LogP contribution is -2.34. The van der Waals surface area contributed by atoms with Crippen LogP contribution < -0.4 is 4.74 Å². The van der Waals surface area contributed by atoms with Crippen molar-refractivity contribution < 1.29 is 9.22 Å². The summed E-state index contributed by atoms with van der Waals surface area (Å²) in [6.07, 6.45) is 0. The maximum atomic E-state index is 5.15. The van der Waals surface area contributed by atoms with Crippen LogP contribution in [-0.4, -0.2) is 47.3 Å². The zero-order valence-electron chi connectivity index (χ0n) is 11.1. The first-order valence-corrected chi connectivity index (χ1v) is 5.60. The number of hydrogen-bond donors (Lipinski definition) is 0. The first-order chi connectivity index (χ1) is 7.90. The second-order valence-electron chi connectivity index (χ2n) is 5.24. The zero-order chi connectivity index (χ0) is 12.6. The summed E-state index contributed by atoms with van der Waals surface area (Å²) in [6.45, 7) is 2.90. The molecule has 2 heterocycles. The van der Waals surface area contributed by atoms with Gasteiger partial charge in [0.2, 0.25) is 5.88 Å². The second kappa shape index (κ2) is 4.00. The van der Waals surface area contributed by atoms with Crippen molar-refractivity contribution >= 4 is 5.65 Å². The summed E-state index contributed by atoms with van der Waals surface area (Å²) in [7, 11) is 8.08. The number of ether oxygens (including phenoxy) is 1. The minimum absolute atomic E-state index is 0.609. The van der Waals surface area contributed by atoms with E-state index in [1.165, 1.54) is 0 Å². The average molecular weight is 235 g/mol. The Labute approximate surface area is 101 Å². The average Bonchev–Trinajstić information content (AvgIpc) is 2.53. The van der Waals surface area contributed by atoms with Gasteiger partial charge in [0.1, 0.15) is 12.2 Å². The normalized spacial score (nSPS) is 12.1. The summed E-state index contributed by atoms with van der Waals surface area (Å²) >= 11 is 0. The minimum atomic E-state index is 0.609. The Morgan fingerprint density at radius 2 is 2.00 bits per heavy atom. The van der Waals surface area contributed by atoms with Crippen molar-refractivity contribution in [2.45, 2.75) is 13.5 Å². The number of imidazole rings is 1. The molecule has 0 saturated carbocycles. The van der Waals surface area contributed by atoms with E-state index in [1.807, 2.05) is 23.6 Å². The Hall–Kier alpha value is -1.62. The summed E-state index contributed by atoms with van der Waals surface area (Å²) in [5.41, 5.74) is 3.02. The summed E-state index contributed by atoms with van der Waals surface area (Å²) in [5, 5.41) is 4.42. The molecule has 2 rings (SSSR count). The maximum absolute atomic E-state index is 5.15. The molecular formula is C12H19N4O+. The van der Waals surface area contributed by atoms with Crippen LogP contribution in [0.3, 0.4) is 0 Å². The van der Waals surface area contributed by atoms with Crippen molar-refractivity contribution in [1.29, 1.82) is 0 Å². The van der Waals surface area contributed by atoms with Gasteiger partial charge in [-0.15, -0.1) is 5.10 Å². The molecule has 0 aliphatic rings. The van der Waals surface area contributed by atoms with Gasteiger partial charge >= 0.3 is 0 Å². The fourth-order valence-corrected chi connectivity index (χ4v) is 1.81. The smallest absolute Gasteiger partial charge is 0.231 e. The third kappa shape index (κ3) is 2.39. The molecule has 0 radical (unpaired) electrons. The maximum Gasteiger partial charge on any atom is 0.231 e. The van der Waals surface area contributed by atoms with Crippen LogP contribution in [0.1, 0.15) is 11.4 Å². The molecule has 0 amide bonds. The molecule has 17 heavy (non-hydrogen) atoms. The minimum Gasteiger partial charge on any atom is -0.480 e. The Morgan fingerprint density at radius 1 is 1.29 bits per heavy atom. The Kier molecular flexibility index (Phi) is 2.79. The van der Waals surface area contributed by atoms with E-state index < -0.39 is 0 Å². The third-order valence-corrected chi connectivity index (χ3v) is 2.58. The molecular weight excluding hydrogens is 216 g/mol. The fraction of sp³-hybridized carbons (Fsp3) is 0.500. The lowest BCUT2D eigenvalue weighted by atomic mass is 10.3. The molecule has 0 atom stereocenters. The highest BCUT2D eigenvalue weighted by molar-refractivity contribution is 5.42. The first-order valence-electron chi connectivity index (χ1n) is 5.60. The number of aryl methyl sites for hydroxylation is 1. The number of quaternary nitrogens is 1. The van der Waals surface area contributed by atoms with Gasteiger partial charge in [0.05, 0.1) is 33.9 Å². The molecule has 0 aromatic carbocycles. The number of nitrogens with zero attached hydrogens (tertiary/aromatic N) is 4. The zero-order valence-corrected chi connectivity index (χ0v) is 11.1. The molecule has 92 valence electrons. The molecule has 0 spiro atoms. The molecule has 0 bridgehead atoms. The molecule has 0 saturated heterocycles. The molecule has 0 aliphatic carbocycles. The molecule has 5 heteroatoms. The van der Waals surface area contributed by atoms with Gasteiger partial charge in [0.15, 0.2) is 5.65 Å². The van der Waals surface area contributed by atoms with Crippen LogP contribution in [0.15, 0.2) is 12.1 Å². The summed E-state index contributed by atoms with van der Waals surface area (Å²) in [6, 6.07) is 3.76. The monoisotopic (exact) mass is 235 g/mol. The number of rotatable bonds is 3. The number of fused-ring (bicyclic) bond motifs is 1. The highest BCUT2D eigenvalue weighted by Gasteiger charge is 2.17. The van der Waals surface area contributed by atoms with Crippen LogP contribution in [0.4, 0.5) is 0 Å². The van der Waals surface area contributed by atoms with Crippen molar-refractivity contribution in [2.75, 3.05) is 28.3 Å². The first kappa shape index (κ1) is 11.9. The van der Waals surface area contributed by atoms with Crippen LogP contribution in [0, 0.1) is 6.92 Å². The Morgan fingerprint density at radius 3 is 2.59 bits per heavy atom. The van der Waals surface area contributed by atoms with E-state index in [0.717, 1.165) is 28.1 Å². The van der Waals surface area contributed by atoms with E-state index in [0.29, 0.717) is 5.88 Å². The van der Waals surface area contributed by atoms with Crippen molar-refractivity contribution in [3.05, 3.63) is 23.5 Å². The summed E-state index contributed by atoms with van der Waals surface area (Å²) < 4.78 is 7.87. The highest BCUT2D eigenvalue weighted by Crippen LogP contribution is 2.16. The Balaban J connectivity index is 2.56. The van der Waals surface area contributed by atoms with Gasteiger partial charge in [-0.2, -0.15) is 0 Å². The summed E-state index contributed by atoms with van der Waals surface area (Å²) in [5.74, 6) is 0.609. The van der Waals surface area contributed by atoms with E-state index in [4.69, 9.17) is 4.74 Å². The number of hydrogen-bond acceptors (Lipinski definition) is 3. The molecule has 0 fully saturated rings. The van der Waals surface area contributed by atoms with E-state index >= 15 is 0 Å². The van der Waals surface area contributed by atoms with E-state index in [-0.39, 0.29) is 0 Å². The molecule has 0 N–H and O–H groups in total. The van der Waals surface area contributed by atoms with Crippen LogP contribution >= 0.6 is 0 Å². The van der Waals surface area contributed by atoms with Gasteiger partial charge in [-0.05, 0) is 13.0 Å². The van der Waals surface area contributed by atoms with Crippen molar-refractivity contribution in [2.24, 2.45) is 0 Å². The Bertz CT molecular complexity index is 539. The standard InChI is InChI=1S/C12H19N4O/c1-9-10(8-16(2,3)4)15-11(13-9)6-7-12(14-15)17-5/h6-7H,8H2,1-5H3/q+1. The van der Waals surface area contributed by atoms with Crippen molar-refractivity contribution in [1.82, 2.24) is 14.6 Å². The van der Waals surface area contributed by atoms with Crippen molar-refractivity contribution in [3.8, 4) is 5.88 Å². The van der Waals surface area contributed by atoms with E-state index in [2.05, 4.69) is 31.2 Å². The largest absolute Gasteiger partial charge is 0.480 e. The topological polar surface area (TPSA) is 39.4 Å². The SMILES string of the molecule is COc1ccc2nc(C)c(C[N+](C)(C)C)n2n1. The van der Waals surface area contributed by atoms with Crippen LogP contribution in [0.5, 0.6) is 5.88 Å². The lowest BCUT2D eigenvalue weighted by Gasteiger charge is -2.23. The van der Waals surface area contributed by atoms with Gasteiger partial charge in [-0.3, -0.25) is 0 Å². The second-order valence-corrected chi connectivity index (χ2v) is 5.24. The lowest BCUT2D eigenvalue weighted by molar-refractivity contribution is -0.884. The number of methoxy groups -OCH3 is 1. The van der Waals surface area contributed by atoms with E-state index in [1.54, 1.807) is 7.11 Å². The van der Waals surface area contributed by atoms with Crippen LogP contribution in [-0.2, 0) is 6.54 Å². The summed E-state index contributed by atoms with van der Waals surface area (Å²) in [4.78, 5) is 4.51.